The van der Waals surface area contributed by atoms with E-state index in [0.29, 0.717) is 14.2 Å². The van der Waals surface area contributed by atoms with Gasteiger partial charge in [-0.05, 0) is 23.8 Å². The number of carbonyl (C=O) groups excluding carboxylic acids is 1. The van der Waals surface area contributed by atoms with Gasteiger partial charge in [0.25, 0.3) is 0 Å². The molecule has 2 aromatic rings. The van der Waals surface area contributed by atoms with Crippen LogP contribution in [0.5, 0.6) is 0 Å². The third kappa shape index (κ3) is 2.54. The second-order valence-electron chi connectivity index (χ2n) is 3.44. The molecule has 0 saturated carbocycles. The number of rotatable bonds is 3. The predicted molar refractivity (Wildman–Crippen MR) is 71.3 cm³/mol. The van der Waals surface area contributed by atoms with Crippen molar-refractivity contribution in [3.8, 4) is 6.07 Å². The Hall–Kier alpha value is -1.41. The number of pyridine rings is 1. The monoisotopic (exact) mass is 296 g/mol. The van der Waals surface area contributed by atoms with Gasteiger partial charge in [0.05, 0.1) is 16.0 Å². The molecular formula is C12H6Cl2N2OS. The summed E-state index contributed by atoms with van der Waals surface area (Å²) in [5.74, 6) is -1.24. The van der Waals surface area contributed by atoms with Crippen molar-refractivity contribution in [2.24, 2.45) is 0 Å². The molecule has 0 fully saturated rings. The molecule has 2 rings (SSSR count). The number of carbonyl (C=O) groups is 1. The molecule has 2 heterocycles. The third-order valence-electron chi connectivity index (χ3n) is 2.35. The highest BCUT2D eigenvalue weighted by atomic mass is 35.5. The normalized spacial score (nSPS) is 11.8. The lowest BCUT2D eigenvalue weighted by Crippen LogP contribution is -2.10. The van der Waals surface area contributed by atoms with Crippen LogP contribution in [0, 0.1) is 11.3 Å². The molecule has 3 nitrogen and oxygen atoms in total. The van der Waals surface area contributed by atoms with E-state index in [-0.39, 0.29) is 11.3 Å². The van der Waals surface area contributed by atoms with Crippen molar-refractivity contribution in [3.63, 3.8) is 0 Å². The van der Waals surface area contributed by atoms with Gasteiger partial charge in [0.1, 0.15) is 10.3 Å². The number of hydrogen-bond acceptors (Lipinski definition) is 4. The average molecular weight is 297 g/mol. The maximum absolute atomic E-state index is 12.2. The maximum atomic E-state index is 12.2. The first-order valence-electron chi connectivity index (χ1n) is 4.92. The van der Waals surface area contributed by atoms with Crippen LogP contribution in [-0.4, -0.2) is 10.8 Å². The first-order valence-corrected chi connectivity index (χ1v) is 6.49. The molecule has 6 heteroatoms. The molecule has 0 amide bonds. The third-order valence-corrected chi connectivity index (χ3v) is 3.84. The molecule has 2 aromatic heterocycles. The van der Waals surface area contributed by atoms with E-state index in [1.165, 1.54) is 18.5 Å². The Balaban J connectivity index is 2.39. The highest BCUT2D eigenvalue weighted by Gasteiger charge is 2.25. The standard InChI is InChI=1S/C12H6Cl2N2OS/c13-10-5-8(12(14)18-10)11(17)9(6-15)7-1-3-16-4-2-7/h1-5,9H. The van der Waals surface area contributed by atoms with Crippen LogP contribution < -0.4 is 0 Å². The van der Waals surface area contributed by atoms with Gasteiger partial charge in [0.2, 0.25) is 0 Å². The van der Waals surface area contributed by atoms with E-state index in [0.717, 1.165) is 11.3 Å². The zero-order chi connectivity index (χ0) is 13.1. The minimum atomic E-state index is -0.892. The van der Waals surface area contributed by atoms with E-state index in [2.05, 4.69) is 4.98 Å². The summed E-state index contributed by atoms with van der Waals surface area (Å²) in [4.78, 5) is 16.1. The molecule has 0 aromatic carbocycles. The van der Waals surface area contributed by atoms with Crippen LogP contribution in [0.15, 0.2) is 30.6 Å². The fourth-order valence-corrected chi connectivity index (χ4v) is 2.98. The van der Waals surface area contributed by atoms with Gasteiger partial charge in [-0.1, -0.05) is 23.2 Å². The second kappa shape index (κ2) is 5.49. The number of aromatic nitrogens is 1. The number of thiophene rings is 1. The summed E-state index contributed by atoms with van der Waals surface area (Å²) >= 11 is 12.8. The van der Waals surface area contributed by atoms with Crippen LogP contribution >= 0.6 is 34.5 Å². The summed E-state index contributed by atoms with van der Waals surface area (Å²) in [5.41, 5.74) is 0.880. The predicted octanol–water partition coefficient (Wildman–Crippen LogP) is 3.94. The lowest BCUT2D eigenvalue weighted by atomic mass is 9.94. The van der Waals surface area contributed by atoms with Crippen molar-refractivity contribution in [1.29, 1.82) is 5.26 Å². The molecule has 0 N–H and O–H groups in total. The fourth-order valence-electron chi connectivity index (χ4n) is 1.50. The van der Waals surface area contributed by atoms with Gasteiger partial charge in [0, 0.05) is 12.4 Å². The Bertz CT molecular complexity index is 619. The Morgan fingerprint density at radius 2 is 2.06 bits per heavy atom. The van der Waals surface area contributed by atoms with Crippen molar-refractivity contribution >= 4 is 40.3 Å². The van der Waals surface area contributed by atoms with E-state index in [1.807, 2.05) is 6.07 Å². The Kier molecular flexibility index (Phi) is 3.97. The molecule has 0 saturated heterocycles. The highest BCUT2D eigenvalue weighted by Crippen LogP contribution is 2.34. The number of ketones is 1. The molecular weight excluding hydrogens is 291 g/mol. The summed E-state index contributed by atoms with van der Waals surface area (Å²) in [7, 11) is 0. The molecule has 90 valence electrons. The quantitative estimate of drug-likeness (QED) is 0.806. The second-order valence-corrected chi connectivity index (χ2v) is 5.73. The molecule has 0 aliphatic rings. The number of halogens is 2. The molecule has 0 spiro atoms. The van der Waals surface area contributed by atoms with E-state index in [9.17, 15) is 4.79 Å². The van der Waals surface area contributed by atoms with Crippen LogP contribution in [0.1, 0.15) is 21.8 Å². The first kappa shape index (κ1) is 13.0. The SMILES string of the molecule is N#CC(C(=O)c1cc(Cl)sc1Cl)c1ccncc1. The van der Waals surface area contributed by atoms with Crippen molar-refractivity contribution < 1.29 is 4.79 Å². The largest absolute Gasteiger partial charge is 0.292 e. The number of hydrogen-bond donors (Lipinski definition) is 0. The van der Waals surface area contributed by atoms with Gasteiger partial charge >= 0.3 is 0 Å². The van der Waals surface area contributed by atoms with E-state index >= 15 is 0 Å². The summed E-state index contributed by atoms with van der Waals surface area (Å²) in [6.45, 7) is 0. The number of nitriles is 1. The minimum Gasteiger partial charge on any atom is -0.292 e. The van der Waals surface area contributed by atoms with E-state index < -0.39 is 5.92 Å². The van der Waals surface area contributed by atoms with Gasteiger partial charge in [-0.25, -0.2) is 0 Å². The van der Waals surface area contributed by atoms with Gasteiger partial charge in [-0.15, -0.1) is 11.3 Å². The van der Waals surface area contributed by atoms with Crippen molar-refractivity contribution in [2.75, 3.05) is 0 Å². The average Bonchev–Trinajstić information content (AvgIpc) is 2.70. The fraction of sp³-hybridized carbons (Fsp3) is 0.0833. The lowest BCUT2D eigenvalue weighted by Gasteiger charge is -2.06. The molecule has 0 aliphatic heterocycles. The first-order chi connectivity index (χ1) is 8.63. The summed E-state index contributed by atoms with van der Waals surface area (Å²) in [6, 6.07) is 6.73. The Morgan fingerprint density at radius 1 is 1.39 bits per heavy atom. The lowest BCUT2D eigenvalue weighted by molar-refractivity contribution is 0.0979. The zero-order valence-electron chi connectivity index (χ0n) is 8.93. The maximum Gasteiger partial charge on any atom is 0.186 e. The van der Waals surface area contributed by atoms with Crippen molar-refractivity contribution in [3.05, 3.63) is 50.4 Å². The van der Waals surface area contributed by atoms with Crippen LogP contribution in [0.4, 0.5) is 0 Å². The smallest absolute Gasteiger partial charge is 0.186 e. The van der Waals surface area contributed by atoms with Crippen molar-refractivity contribution in [1.82, 2.24) is 4.98 Å². The van der Waals surface area contributed by atoms with Crippen LogP contribution in [0.2, 0.25) is 8.67 Å². The number of Topliss-reactive ketones (excluding diaryl/α,β-unsaturated/α-hetero) is 1. The molecule has 0 aliphatic carbocycles. The Labute approximate surface area is 118 Å². The topological polar surface area (TPSA) is 53.8 Å². The van der Waals surface area contributed by atoms with Gasteiger partial charge < -0.3 is 0 Å². The Morgan fingerprint density at radius 3 is 2.56 bits per heavy atom. The molecule has 0 bridgehead atoms. The van der Waals surface area contributed by atoms with Crippen LogP contribution in [0.3, 0.4) is 0 Å². The summed E-state index contributed by atoms with van der Waals surface area (Å²) < 4.78 is 0.731. The molecule has 18 heavy (non-hydrogen) atoms. The van der Waals surface area contributed by atoms with Gasteiger partial charge in [-0.3, -0.25) is 9.78 Å². The minimum absolute atomic E-state index is 0.287. The van der Waals surface area contributed by atoms with Crippen LogP contribution in [0.25, 0.3) is 0 Å². The van der Waals surface area contributed by atoms with Crippen molar-refractivity contribution in [2.45, 2.75) is 5.92 Å². The van der Waals surface area contributed by atoms with E-state index in [4.69, 9.17) is 28.5 Å². The molecule has 1 atom stereocenters. The molecule has 0 radical (unpaired) electrons. The highest BCUT2D eigenvalue weighted by molar-refractivity contribution is 7.20. The molecule has 1 unspecified atom stereocenters. The summed E-state index contributed by atoms with van der Waals surface area (Å²) in [6.07, 6.45) is 3.07. The van der Waals surface area contributed by atoms with Gasteiger partial charge in [-0.2, -0.15) is 5.26 Å². The van der Waals surface area contributed by atoms with Crippen LogP contribution in [-0.2, 0) is 0 Å². The summed E-state index contributed by atoms with van der Waals surface area (Å²) in [5, 5.41) is 9.14. The van der Waals surface area contributed by atoms with E-state index in [1.54, 1.807) is 12.1 Å². The zero-order valence-corrected chi connectivity index (χ0v) is 11.3. The van der Waals surface area contributed by atoms with Gasteiger partial charge in [0.15, 0.2) is 5.78 Å². The number of nitrogens with zero attached hydrogens (tertiary/aromatic N) is 2.